The minimum absolute atomic E-state index is 0.0157. The van der Waals surface area contributed by atoms with Crippen molar-refractivity contribution in [3.8, 4) is 17.1 Å². The Labute approximate surface area is 185 Å². The predicted octanol–water partition coefficient (Wildman–Crippen LogP) is 2.09. The van der Waals surface area contributed by atoms with Gasteiger partial charge in [0.2, 0.25) is 0 Å². The van der Waals surface area contributed by atoms with Crippen molar-refractivity contribution >= 4 is 16.9 Å². The van der Waals surface area contributed by atoms with E-state index < -0.39 is 11.4 Å². The summed E-state index contributed by atoms with van der Waals surface area (Å²) >= 11 is 0. The topological polar surface area (TPSA) is 108 Å². The summed E-state index contributed by atoms with van der Waals surface area (Å²) in [6, 6.07) is 0.0290. The van der Waals surface area contributed by atoms with E-state index in [1.807, 2.05) is 7.05 Å². The van der Waals surface area contributed by atoms with Crippen LogP contribution >= 0.6 is 0 Å². The fourth-order valence-electron chi connectivity index (χ4n) is 4.54. The summed E-state index contributed by atoms with van der Waals surface area (Å²) in [6.45, 7) is 7.31. The van der Waals surface area contributed by atoms with Crippen LogP contribution < -0.4 is 15.0 Å². The first-order valence-electron chi connectivity index (χ1n) is 10.7. The molecule has 0 saturated carbocycles. The maximum Gasteiger partial charge on any atom is 0.186 e. The van der Waals surface area contributed by atoms with Crippen LogP contribution in [0.15, 0.2) is 12.4 Å². The number of anilines is 1. The van der Waals surface area contributed by atoms with E-state index in [9.17, 15) is 5.11 Å². The number of aliphatic hydroxyl groups is 1. The van der Waals surface area contributed by atoms with Crippen LogP contribution in [0.1, 0.15) is 32.0 Å². The van der Waals surface area contributed by atoms with Gasteiger partial charge < -0.3 is 29.8 Å². The first-order valence-corrected chi connectivity index (χ1v) is 10.7. The van der Waals surface area contributed by atoms with Gasteiger partial charge in [0.1, 0.15) is 23.5 Å². The zero-order chi connectivity index (χ0) is 22.6. The molecule has 3 N–H and O–H groups in total. The van der Waals surface area contributed by atoms with E-state index in [4.69, 9.17) is 14.5 Å². The number of H-pyrrole nitrogens is 1. The summed E-state index contributed by atoms with van der Waals surface area (Å²) < 4.78 is 27.0. The highest BCUT2D eigenvalue weighted by molar-refractivity contribution is 5.94. The van der Waals surface area contributed by atoms with Crippen LogP contribution in [0.3, 0.4) is 0 Å². The second-order valence-electron chi connectivity index (χ2n) is 8.92. The number of halogens is 1. The number of ether oxygens (including phenoxy) is 2. The summed E-state index contributed by atoms with van der Waals surface area (Å²) in [6.07, 6.45) is 2.97. The number of nitrogens with one attached hydrogen (secondary N) is 2. The average Bonchev–Trinajstić information content (AvgIpc) is 3.15. The second kappa shape index (κ2) is 7.65. The Kier molecular flexibility index (Phi) is 5.03. The molecule has 5 heterocycles. The first-order chi connectivity index (χ1) is 15.3. The number of fused-ring (bicyclic) bond motifs is 4. The Morgan fingerprint density at radius 1 is 1.31 bits per heavy atom. The Bertz CT molecular complexity index is 1170. The number of aromatic nitrogens is 4. The zero-order valence-corrected chi connectivity index (χ0v) is 18.6. The van der Waals surface area contributed by atoms with Crippen molar-refractivity contribution in [3.05, 3.63) is 29.5 Å². The van der Waals surface area contributed by atoms with E-state index >= 15 is 4.39 Å². The quantitative estimate of drug-likeness (QED) is 0.564. The molecule has 170 valence electrons. The van der Waals surface area contributed by atoms with E-state index in [2.05, 4.69) is 32.1 Å². The maximum atomic E-state index is 15.3. The number of nitrogens with zero attached hydrogens (tertiary/aromatic N) is 4. The molecule has 10 heteroatoms. The van der Waals surface area contributed by atoms with Crippen LogP contribution in [0.25, 0.3) is 22.4 Å². The fourth-order valence-corrected chi connectivity index (χ4v) is 4.54. The smallest absolute Gasteiger partial charge is 0.186 e. The van der Waals surface area contributed by atoms with Gasteiger partial charge in [-0.25, -0.2) is 19.3 Å². The van der Waals surface area contributed by atoms with Gasteiger partial charge in [-0.3, -0.25) is 0 Å². The van der Waals surface area contributed by atoms with Crippen molar-refractivity contribution < 1.29 is 19.0 Å². The molecule has 9 nitrogen and oxygen atoms in total. The summed E-state index contributed by atoms with van der Waals surface area (Å²) in [5, 5.41) is 14.6. The number of hydrogen-bond donors (Lipinski definition) is 3. The van der Waals surface area contributed by atoms with Crippen molar-refractivity contribution in [2.75, 3.05) is 31.8 Å². The van der Waals surface area contributed by atoms with E-state index in [0.29, 0.717) is 54.7 Å². The molecule has 0 aromatic carbocycles. The Hall–Kier alpha value is -2.82. The van der Waals surface area contributed by atoms with E-state index in [1.165, 1.54) is 6.20 Å². The third-order valence-electron chi connectivity index (χ3n) is 5.96. The van der Waals surface area contributed by atoms with Crippen LogP contribution in [0.5, 0.6) is 5.75 Å². The highest BCUT2D eigenvalue weighted by Gasteiger charge is 2.40. The molecule has 1 saturated heterocycles. The van der Waals surface area contributed by atoms with Crippen LogP contribution in [0, 0.1) is 5.82 Å². The molecule has 2 aliphatic heterocycles. The normalized spacial score (nSPS) is 20.8. The fraction of sp³-hybridized carbons (Fsp3) is 0.500. The molecule has 0 spiro atoms. The van der Waals surface area contributed by atoms with Crippen LogP contribution in [0.4, 0.5) is 10.2 Å². The first kappa shape index (κ1) is 21.0. The lowest BCUT2D eigenvalue weighted by atomic mass is 10.0. The van der Waals surface area contributed by atoms with Gasteiger partial charge in [0.05, 0.1) is 37.1 Å². The van der Waals surface area contributed by atoms with Crippen LogP contribution in [-0.2, 0) is 16.9 Å². The highest BCUT2D eigenvalue weighted by Crippen LogP contribution is 2.43. The van der Waals surface area contributed by atoms with Crippen LogP contribution in [-0.4, -0.2) is 64.0 Å². The van der Waals surface area contributed by atoms with E-state index in [-0.39, 0.29) is 23.5 Å². The molecule has 0 bridgehead atoms. The van der Waals surface area contributed by atoms with Gasteiger partial charge in [-0.1, -0.05) is 0 Å². The molecular weight excluding hydrogens is 415 g/mol. The lowest BCUT2D eigenvalue weighted by Crippen LogP contribution is -2.56. The number of aromatic amines is 1. The minimum atomic E-state index is -1.32. The van der Waals surface area contributed by atoms with Gasteiger partial charge in [0, 0.05) is 18.1 Å². The molecule has 3 aromatic rings. The molecule has 2 atom stereocenters. The minimum Gasteiger partial charge on any atom is -0.485 e. The lowest BCUT2D eigenvalue weighted by molar-refractivity contribution is 0.0425. The monoisotopic (exact) mass is 442 g/mol. The van der Waals surface area contributed by atoms with Crippen molar-refractivity contribution in [2.45, 2.75) is 45.0 Å². The molecular formula is C22H27FN6O3. The van der Waals surface area contributed by atoms with E-state index in [0.717, 1.165) is 5.56 Å². The third kappa shape index (κ3) is 3.30. The molecule has 0 aliphatic carbocycles. The molecule has 1 unspecified atom stereocenters. The maximum absolute atomic E-state index is 15.3. The zero-order valence-electron chi connectivity index (χ0n) is 18.6. The van der Waals surface area contributed by atoms with Gasteiger partial charge in [0.15, 0.2) is 23.2 Å². The Balaban J connectivity index is 1.79. The van der Waals surface area contributed by atoms with Gasteiger partial charge in [-0.05, 0) is 33.4 Å². The van der Waals surface area contributed by atoms with Crippen molar-refractivity contribution in [2.24, 2.45) is 0 Å². The van der Waals surface area contributed by atoms with Crippen molar-refractivity contribution in [1.82, 2.24) is 25.3 Å². The number of pyridine rings is 1. The summed E-state index contributed by atoms with van der Waals surface area (Å²) in [5.74, 6) is 0.640. The third-order valence-corrected chi connectivity index (χ3v) is 5.96. The average molecular weight is 442 g/mol. The summed E-state index contributed by atoms with van der Waals surface area (Å²) in [5.41, 5.74) is 0.650. The molecule has 1 fully saturated rings. The molecule has 0 radical (unpaired) electrons. The molecule has 32 heavy (non-hydrogen) atoms. The largest absolute Gasteiger partial charge is 0.485 e. The number of hydrogen-bond acceptors (Lipinski definition) is 8. The Morgan fingerprint density at radius 2 is 2.12 bits per heavy atom. The molecule has 2 aliphatic rings. The number of rotatable bonds is 4. The standard InChI is InChI=1S/C22H27FN6O3/c1-11-8-31-9-13-10-32-17-18(22(2,3)30)27-20(28-21(17)29(11)13)16-14(23)7-26-19-15(16)12(5-24-4)6-25-19/h6-7,11,13,24,30H,5,8-10H2,1-4H3,(H,25,26)/t11-,13?/m1/s1. The SMILES string of the molecule is CNCc1c[nH]c2ncc(F)c(-c3nc4c(c(C(C)(C)O)n3)OCC3COC[C@@H](C)N43)c12. The van der Waals surface area contributed by atoms with Crippen LogP contribution in [0.2, 0.25) is 0 Å². The van der Waals surface area contributed by atoms with Gasteiger partial charge >= 0.3 is 0 Å². The molecule has 5 rings (SSSR count). The van der Waals surface area contributed by atoms with Gasteiger partial charge in [-0.2, -0.15) is 0 Å². The van der Waals surface area contributed by atoms with Gasteiger partial charge in [-0.15, -0.1) is 0 Å². The molecule has 3 aromatic heterocycles. The predicted molar refractivity (Wildman–Crippen MR) is 117 cm³/mol. The lowest BCUT2D eigenvalue weighted by Gasteiger charge is -2.45. The molecule has 0 amide bonds. The van der Waals surface area contributed by atoms with E-state index in [1.54, 1.807) is 20.0 Å². The van der Waals surface area contributed by atoms with Crippen molar-refractivity contribution in [3.63, 3.8) is 0 Å². The second-order valence-corrected chi connectivity index (χ2v) is 8.92. The highest BCUT2D eigenvalue weighted by atomic mass is 19.1. The van der Waals surface area contributed by atoms with Crippen molar-refractivity contribution in [1.29, 1.82) is 0 Å². The summed E-state index contributed by atoms with van der Waals surface area (Å²) in [7, 11) is 1.82. The number of morpholine rings is 1. The Morgan fingerprint density at radius 3 is 2.88 bits per heavy atom. The van der Waals surface area contributed by atoms with Gasteiger partial charge in [0.25, 0.3) is 0 Å². The summed E-state index contributed by atoms with van der Waals surface area (Å²) in [4.78, 5) is 18.9.